The molecule has 0 bridgehead atoms. The first-order chi connectivity index (χ1) is 6.18. The molecule has 0 aliphatic heterocycles. The third-order valence-corrected chi connectivity index (χ3v) is 2.14. The monoisotopic (exact) mass is 198 g/mol. The molecule has 0 radical (unpaired) electrons. The fourth-order valence-electron chi connectivity index (χ4n) is 0.773. The topological polar surface area (TPSA) is 46.5 Å². The van der Waals surface area contributed by atoms with E-state index in [4.69, 9.17) is 9.29 Å². The minimum Gasteiger partial charge on any atom is -0.508 e. The molecule has 0 amide bonds. The number of rotatable bonds is 3. The number of hydrogen-bond donors (Lipinski definition) is 1. The van der Waals surface area contributed by atoms with Gasteiger partial charge in [0, 0.05) is 6.92 Å². The van der Waals surface area contributed by atoms with Gasteiger partial charge in [-0.2, -0.15) is 0 Å². The van der Waals surface area contributed by atoms with Crippen LogP contribution in [0.1, 0.15) is 12.5 Å². The molecule has 1 N–H and O–H groups in total. The molecular weight excluding hydrogens is 188 g/mol. The van der Waals surface area contributed by atoms with Gasteiger partial charge in [-0.1, -0.05) is 12.1 Å². The van der Waals surface area contributed by atoms with E-state index in [0.717, 1.165) is 17.6 Å². The van der Waals surface area contributed by atoms with Gasteiger partial charge >= 0.3 is 5.97 Å². The molecule has 70 valence electrons. The Morgan fingerprint density at radius 3 is 2.62 bits per heavy atom. The van der Waals surface area contributed by atoms with Crippen LogP contribution in [0.2, 0.25) is 0 Å². The number of hydrogen-bond acceptors (Lipinski definition) is 4. The standard InChI is InChI=1S/C9H10O3S/c1-7(10)12-13-6-8-2-4-9(11)5-3-8/h2-5,11H,6H2,1H3. The smallest absolute Gasteiger partial charge is 0.314 e. The molecule has 0 heterocycles. The molecule has 0 spiro atoms. The summed E-state index contributed by atoms with van der Waals surface area (Å²) in [6, 6.07) is 6.77. The zero-order valence-corrected chi connectivity index (χ0v) is 8.00. The van der Waals surface area contributed by atoms with Gasteiger partial charge in [0.05, 0.1) is 17.8 Å². The van der Waals surface area contributed by atoms with Gasteiger partial charge < -0.3 is 9.29 Å². The average molecular weight is 198 g/mol. The Hall–Kier alpha value is -1.16. The van der Waals surface area contributed by atoms with Crippen molar-refractivity contribution in [1.29, 1.82) is 0 Å². The quantitative estimate of drug-likeness (QED) is 0.755. The van der Waals surface area contributed by atoms with Crippen molar-refractivity contribution in [2.45, 2.75) is 12.7 Å². The summed E-state index contributed by atoms with van der Waals surface area (Å²) in [5.41, 5.74) is 1.00. The predicted molar refractivity (Wildman–Crippen MR) is 51.2 cm³/mol. The van der Waals surface area contributed by atoms with E-state index in [1.165, 1.54) is 6.92 Å². The first-order valence-corrected chi connectivity index (χ1v) is 4.67. The minimum absolute atomic E-state index is 0.237. The molecule has 0 saturated carbocycles. The summed E-state index contributed by atoms with van der Waals surface area (Å²) in [7, 11) is 0. The maximum atomic E-state index is 10.4. The Morgan fingerprint density at radius 1 is 1.46 bits per heavy atom. The lowest BCUT2D eigenvalue weighted by Crippen LogP contribution is -1.90. The van der Waals surface area contributed by atoms with Crippen LogP contribution in [0, 0.1) is 0 Å². The van der Waals surface area contributed by atoms with Crippen molar-refractivity contribution in [2.24, 2.45) is 0 Å². The second-order valence-electron chi connectivity index (χ2n) is 2.50. The van der Waals surface area contributed by atoms with Gasteiger partial charge in [-0.15, -0.1) is 0 Å². The molecule has 1 aromatic carbocycles. The van der Waals surface area contributed by atoms with E-state index in [-0.39, 0.29) is 11.7 Å². The van der Waals surface area contributed by atoms with Crippen LogP contribution in [0.4, 0.5) is 0 Å². The van der Waals surface area contributed by atoms with Gasteiger partial charge in [-0.3, -0.25) is 4.79 Å². The molecular formula is C9H10O3S. The van der Waals surface area contributed by atoms with Gasteiger partial charge in [0.25, 0.3) is 0 Å². The highest BCUT2D eigenvalue weighted by Gasteiger charge is 1.97. The molecule has 1 aromatic rings. The lowest BCUT2D eigenvalue weighted by molar-refractivity contribution is -0.130. The first-order valence-electron chi connectivity index (χ1n) is 3.76. The highest BCUT2D eigenvalue weighted by molar-refractivity contribution is 7.94. The number of carbonyl (C=O) groups is 1. The summed E-state index contributed by atoms with van der Waals surface area (Å²) < 4.78 is 4.69. The maximum Gasteiger partial charge on any atom is 0.314 e. The molecule has 0 aliphatic carbocycles. The van der Waals surface area contributed by atoms with E-state index in [0.29, 0.717) is 5.75 Å². The van der Waals surface area contributed by atoms with Crippen molar-refractivity contribution < 1.29 is 14.1 Å². The average Bonchev–Trinajstić information content (AvgIpc) is 2.08. The van der Waals surface area contributed by atoms with Crippen LogP contribution in [0.3, 0.4) is 0 Å². The Bertz CT molecular complexity index is 281. The van der Waals surface area contributed by atoms with Crippen LogP contribution in [0.25, 0.3) is 0 Å². The number of carbonyl (C=O) groups excluding carboxylic acids is 1. The van der Waals surface area contributed by atoms with Crippen molar-refractivity contribution in [2.75, 3.05) is 0 Å². The van der Waals surface area contributed by atoms with E-state index in [1.54, 1.807) is 24.3 Å². The molecule has 13 heavy (non-hydrogen) atoms. The van der Waals surface area contributed by atoms with E-state index in [1.807, 2.05) is 0 Å². The maximum absolute atomic E-state index is 10.4. The van der Waals surface area contributed by atoms with Crippen LogP contribution in [-0.4, -0.2) is 11.1 Å². The molecule has 0 aromatic heterocycles. The number of phenolic OH excluding ortho intramolecular Hbond substituents is 1. The summed E-state index contributed by atoms with van der Waals surface area (Å²) in [4.78, 5) is 10.4. The van der Waals surface area contributed by atoms with Crippen molar-refractivity contribution in [3.05, 3.63) is 29.8 Å². The number of benzene rings is 1. The van der Waals surface area contributed by atoms with Gasteiger partial charge in [0.1, 0.15) is 5.75 Å². The van der Waals surface area contributed by atoms with Crippen molar-refractivity contribution >= 4 is 18.0 Å². The molecule has 1 rings (SSSR count). The molecule has 4 heteroatoms. The summed E-state index contributed by atoms with van der Waals surface area (Å²) in [5, 5.41) is 8.98. The largest absolute Gasteiger partial charge is 0.508 e. The van der Waals surface area contributed by atoms with Crippen molar-refractivity contribution in [1.82, 2.24) is 0 Å². The van der Waals surface area contributed by atoms with Gasteiger partial charge in [-0.05, 0) is 17.7 Å². The van der Waals surface area contributed by atoms with Gasteiger partial charge in [-0.25, -0.2) is 0 Å². The van der Waals surface area contributed by atoms with E-state index >= 15 is 0 Å². The van der Waals surface area contributed by atoms with Gasteiger partial charge in [0.15, 0.2) is 0 Å². The normalized spacial score (nSPS) is 9.62. The van der Waals surface area contributed by atoms with Gasteiger partial charge in [0.2, 0.25) is 0 Å². The fourth-order valence-corrected chi connectivity index (χ4v) is 1.33. The van der Waals surface area contributed by atoms with E-state index in [9.17, 15) is 4.79 Å². The van der Waals surface area contributed by atoms with Crippen molar-refractivity contribution in [3.8, 4) is 5.75 Å². The highest BCUT2D eigenvalue weighted by atomic mass is 32.2. The lowest BCUT2D eigenvalue weighted by Gasteiger charge is -1.99. The van der Waals surface area contributed by atoms with Crippen LogP contribution in [0.15, 0.2) is 24.3 Å². The molecule has 3 nitrogen and oxygen atoms in total. The van der Waals surface area contributed by atoms with Crippen LogP contribution in [-0.2, 0) is 14.7 Å². The zero-order chi connectivity index (χ0) is 9.68. The number of phenols is 1. The third kappa shape index (κ3) is 3.85. The molecule has 0 fully saturated rings. The summed E-state index contributed by atoms with van der Waals surface area (Å²) in [5.74, 6) is 0.532. The molecule has 0 atom stereocenters. The van der Waals surface area contributed by atoms with Crippen LogP contribution < -0.4 is 0 Å². The predicted octanol–water partition coefficient (Wildman–Crippen LogP) is 2.10. The Morgan fingerprint density at radius 2 is 2.08 bits per heavy atom. The Kier molecular flexibility index (Phi) is 3.64. The Balaban J connectivity index is 2.37. The second kappa shape index (κ2) is 4.77. The van der Waals surface area contributed by atoms with E-state index < -0.39 is 0 Å². The first kappa shape index (κ1) is 9.92. The SMILES string of the molecule is CC(=O)OSCc1ccc(O)cc1. The third-order valence-electron chi connectivity index (χ3n) is 1.34. The zero-order valence-electron chi connectivity index (χ0n) is 7.19. The number of aromatic hydroxyl groups is 1. The summed E-state index contributed by atoms with van der Waals surface area (Å²) >= 11 is 1.09. The second-order valence-corrected chi connectivity index (χ2v) is 3.19. The highest BCUT2D eigenvalue weighted by Crippen LogP contribution is 2.16. The van der Waals surface area contributed by atoms with E-state index in [2.05, 4.69) is 0 Å². The van der Waals surface area contributed by atoms with Crippen LogP contribution >= 0.6 is 12.0 Å². The van der Waals surface area contributed by atoms with Crippen molar-refractivity contribution in [3.63, 3.8) is 0 Å². The Labute approximate surface area is 80.9 Å². The summed E-state index contributed by atoms with van der Waals surface area (Å²) in [6.45, 7) is 1.36. The molecule has 0 aliphatic rings. The molecule has 0 unspecified atom stereocenters. The fraction of sp³-hybridized carbons (Fsp3) is 0.222. The van der Waals surface area contributed by atoms with Crippen LogP contribution in [0.5, 0.6) is 5.75 Å². The summed E-state index contributed by atoms with van der Waals surface area (Å²) in [6.07, 6.45) is 0. The molecule has 0 saturated heterocycles. The lowest BCUT2D eigenvalue weighted by atomic mass is 10.2. The minimum atomic E-state index is -0.302.